The van der Waals surface area contributed by atoms with Crippen molar-refractivity contribution in [1.82, 2.24) is 5.32 Å². The smallest absolute Gasteiger partial charge is 0.126 e. The van der Waals surface area contributed by atoms with E-state index in [1.807, 2.05) is 13.0 Å². The van der Waals surface area contributed by atoms with Gasteiger partial charge in [-0.15, -0.1) is 0 Å². The number of halogens is 1. The van der Waals surface area contributed by atoms with Gasteiger partial charge in [0, 0.05) is 16.6 Å². The lowest BCUT2D eigenvalue weighted by atomic mass is 9.96. The fourth-order valence-corrected chi connectivity index (χ4v) is 2.76. The van der Waals surface area contributed by atoms with E-state index in [2.05, 4.69) is 12.2 Å². The zero-order chi connectivity index (χ0) is 11.7. The number of hydrogen-bond donors (Lipinski definition) is 1. The second-order valence-electron chi connectivity index (χ2n) is 4.40. The Labute approximate surface area is 102 Å². The third-order valence-corrected chi connectivity index (χ3v) is 3.71. The summed E-state index contributed by atoms with van der Waals surface area (Å²) in [6.07, 6.45) is 2.38. The first-order valence-corrected chi connectivity index (χ1v) is 6.10. The van der Waals surface area contributed by atoms with Crippen LogP contribution in [0.5, 0.6) is 5.75 Å². The standard InChI is InChI=1S/C13H18ClNO/c1-8-7-10(14)9(2)12(13(8)16-3)11-5-4-6-15-11/h7,11,15H,4-6H2,1-3H3. The van der Waals surface area contributed by atoms with E-state index in [0.717, 1.165) is 34.9 Å². The lowest BCUT2D eigenvalue weighted by molar-refractivity contribution is 0.399. The largest absolute Gasteiger partial charge is 0.496 e. The fourth-order valence-electron chi connectivity index (χ4n) is 2.50. The molecule has 1 aromatic rings. The van der Waals surface area contributed by atoms with Crippen molar-refractivity contribution < 1.29 is 4.74 Å². The average Bonchev–Trinajstić information content (AvgIpc) is 2.76. The summed E-state index contributed by atoms with van der Waals surface area (Å²) in [5.74, 6) is 0.987. The summed E-state index contributed by atoms with van der Waals surface area (Å²) in [5.41, 5.74) is 3.50. The number of nitrogens with one attached hydrogen (secondary N) is 1. The molecule has 1 aliphatic rings. The van der Waals surface area contributed by atoms with Crippen LogP contribution in [0.25, 0.3) is 0 Å². The van der Waals surface area contributed by atoms with Crippen LogP contribution in [0.1, 0.15) is 35.6 Å². The molecule has 1 fully saturated rings. The van der Waals surface area contributed by atoms with Gasteiger partial charge in [-0.05, 0) is 50.4 Å². The van der Waals surface area contributed by atoms with Gasteiger partial charge in [0.2, 0.25) is 0 Å². The second-order valence-corrected chi connectivity index (χ2v) is 4.80. The molecule has 1 aromatic carbocycles. The maximum absolute atomic E-state index is 6.24. The molecule has 1 saturated heterocycles. The molecule has 1 N–H and O–H groups in total. The summed E-state index contributed by atoms with van der Waals surface area (Å²) >= 11 is 6.24. The predicted octanol–water partition coefficient (Wildman–Crippen LogP) is 3.39. The molecule has 1 heterocycles. The van der Waals surface area contributed by atoms with Gasteiger partial charge in [0.05, 0.1) is 7.11 Å². The maximum Gasteiger partial charge on any atom is 0.126 e. The zero-order valence-electron chi connectivity index (χ0n) is 10.1. The van der Waals surface area contributed by atoms with Crippen LogP contribution in [0.15, 0.2) is 6.07 Å². The van der Waals surface area contributed by atoms with E-state index in [1.165, 1.54) is 12.0 Å². The number of hydrogen-bond acceptors (Lipinski definition) is 2. The van der Waals surface area contributed by atoms with Crippen molar-refractivity contribution in [1.29, 1.82) is 0 Å². The molecule has 0 spiro atoms. The first kappa shape index (κ1) is 11.7. The minimum Gasteiger partial charge on any atom is -0.496 e. The highest BCUT2D eigenvalue weighted by molar-refractivity contribution is 6.31. The van der Waals surface area contributed by atoms with E-state index in [0.29, 0.717) is 6.04 Å². The van der Waals surface area contributed by atoms with Crippen molar-refractivity contribution in [2.45, 2.75) is 32.7 Å². The Bertz CT molecular complexity index is 397. The van der Waals surface area contributed by atoms with Gasteiger partial charge in [0.15, 0.2) is 0 Å². The van der Waals surface area contributed by atoms with Crippen molar-refractivity contribution in [3.63, 3.8) is 0 Å². The minimum atomic E-state index is 0.396. The molecular formula is C13H18ClNO. The average molecular weight is 240 g/mol. The van der Waals surface area contributed by atoms with E-state index < -0.39 is 0 Å². The van der Waals surface area contributed by atoms with Gasteiger partial charge in [0.25, 0.3) is 0 Å². The van der Waals surface area contributed by atoms with Gasteiger partial charge < -0.3 is 10.1 Å². The molecule has 0 bridgehead atoms. The third-order valence-electron chi connectivity index (χ3n) is 3.32. The Hall–Kier alpha value is -0.730. The molecular weight excluding hydrogens is 222 g/mol. The van der Waals surface area contributed by atoms with E-state index in [4.69, 9.17) is 16.3 Å². The zero-order valence-corrected chi connectivity index (χ0v) is 10.8. The molecule has 3 heteroatoms. The molecule has 2 rings (SSSR count). The number of benzene rings is 1. The van der Waals surface area contributed by atoms with Gasteiger partial charge in [0.1, 0.15) is 5.75 Å². The second kappa shape index (κ2) is 4.64. The molecule has 1 unspecified atom stereocenters. The third kappa shape index (κ3) is 1.92. The molecule has 16 heavy (non-hydrogen) atoms. The van der Waals surface area contributed by atoms with Crippen molar-refractivity contribution in [3.05, 3.63) is 27.8 Å². The quantitative estimate of drug-likeness (QED) is 0.854. The van der Waals surface area contributed by atoms with Crippen LogP contribution in [-0.2, 0) is 0 Å². The highest BCUT2D eigenvalue weighted by Crippen LogP contribution is 2.38. The lowest BCUT2D eigenvalue weighted by Gasteiger charge is -2.20. The number of methoxy groups -OCH3 is 1. The van der Waals surface area contributed by atoms with E-state index in [-0.39, 0.29) is 0 Å². The molecule has 0 radical (unpaired) electrons. The van der Waals surface area contributed by atoms with Crippen molar-refractivity contribution >= 4 is 11.6 Å². The summed E-state index contributed by atoms with van der Waals surface area (Å²) in [5, 5.41) is 4.34. The van der Waals surface area contributed by atoms with Gasteiger partial charge in [-0.2, -0.15) is 0 Å². The van der Waals surface area contributed by atoms with Gasteiger partial charge >= 0.3 is 0 Å². The molecule has 0 aromatic heterocycles. The molecule has 0 aliphatic carbocycles. The van der Waals surface area contributed by atoms with Crippen LogP contribution in [0.4, 0.5) is 0 Å². The summed E-state index contributed by atoms with van der Waals surface area (Å²) in [6, 6.07) is 2.38. The highest BCUT2D eigenvalue weighted by Gasteiger charge is 2.24. The summed E-state index contributed by atoms with van der Waals surface area (Å²) in [7, 11) is 1.73. The van der Waals surface area contributed by atoms with Crippen molar-refractivity contribution in [2.75, 3.05) is 13.7 Å². The Morgan fingerprint density at radius 2 is 2.19 bits per heavy atom. The van der Waals surface area contributed by atoms with Crippen LogP contribution in [0.2, 0.25) is 5.02 Å². The first-order chi connectivity index (χ1) is 7.65. The SMILES string of the molecule is COc1c(C)cc(Cl)c(C)c1C1CCCN1. The number of aryl methyl sites for hydroxylation is 1. The van der Waals surface area contributed by atoms with Crippen molar-refractivity contribution in [3.8, 4) is 5.75 Å². The van der Waals surface area contributed by atoms with Crippen LogP contribution in [-0.4, -0.2) is 13.7 Å². The minimum absolute atomic E-state index is 0.396. The van der Waals surface area contributed by atoms with Crippen LogP contribution in [0, 0.1) is 13.8 Å². The molecule has 1 atom stereocenters. The molecule has 1 aliphatic heterocycles. The van der Waals surface area contributed by atoms with Crippen LogP contribution < -0.4 is 10.1 Å². The monoisotopic (exact) mass is 239 g/mol. The highest BCUT2D eigenvalue weighted by atomic mass is 35.5. The first-order valence-electron chi connectivity index (χ1n) is 5.72. The number of rotatable bonds is 2. The molecule has 0 saturated carbocycles. The van der Waals surface area contributed by atoms with E-state index in [1.54, 1.807) is 7.11 Å². The Morgan fingerprint density at radius 1 is 1.44 bits per heavy atom. The van der Waals surface area contributed by atoms with E-state index >= 15 is 0 Å². The van der Waals surface area contributed by atoms with Crippen molar-refractivity contribution in [2.24, 2.45) is 0 Å². The summed E-state index contributed by atoms with van der Waals surface area (Å²) in [6.45, 7) is 5.20. The fraction of sp³-hybridized carbons (Fsp3) is 0.538. The van der Waals surface area contributed by atoms with Crippen LogP contribution >= 0.6 is 11.6 Å². The Morgan fingerprint density at radius 3 is 2.75 bits per heavy atom. The lowest BCUT2D eigenvalue weighted by Crippen LogP contribution is -2.15. The van der Waals surface area contributed by atoms with Gasteiger partial charge in [-0.25, -0.2) is 0 Å². The molecule has 88 valence electrons. The maximum atomic E-state index is 6.24. The van der Waals surface area contributed by atoms with Gasteiger partial charge in [-0.3, -0.25) is 0 Å². The summed E-state index contributed by atoms with van der Waals surface area (Å²) < 4.78 is 5.53. The summed E-state index contributed by atoms with van der Waals surface area (Å²) in [4.78, 5) is 0. The van der Waals surface area contributed by atoms with Gasteiger partial charge in [-0.1, -0.05) is 11.6 Å². The van der Waals surface area contributed by atoms with E-state index in [9.17, 15) is 0 Å². The molecule has 0 amide bonds. The number of ether oxygens (including phenoxy) is 1. The predicted molar refractivity (Wildman–Crippen MR) is 67.5 cm³/mol. The topological polar surface area (TPSA) is 21.3 Å². The normalized spacial score (nSPS) is 20.1. The molecule has 2 nitrogen and oxygen atoms in total. The van der Waals surface area contributed by atoms with Crippen LogP contribution in [0.3, 0.4) is 0 Å². The Balaban J connectivity index is 2.54. The Kier molecular flexibility index (Phi) is 3.41.